The normalized spacial score (nSPS) is 11.6. The monoisotopic (exact) mass is 372 g/mol. The van der Waals surface area contributed by atoms with E-state index in [4.69, 9.17) is 0 Å². The summed E-state index contributed by atoms with van der Waals surface area (Å²) in [6.07, 6.45) is 1.49. The van der Waals surface area contributed by atoms with Crippen LogP contribution in [-0.2, 0) is 29.9 Å². The summed E-state index contributed by atoms with van der Waals surface area (Å²) >= 11 is 3.12. The van der Waals surface area contributed by atoms with Gasteiger partial charge in [0.15, 0.2) is 4.60 Å². The molecule has 21 heavy (non-hydrogen) atoms. The van der Waals surface area contributed by atoms with Gasteiger partial charge in [-0.25, -0.2) is 4.68 Å². The summed E-state index contributed by atoms with van der Waals surface area (Å²) < 4.78 is 29.3. The average molecular weight is 373 g/mol. The van der Waals surface area contributed by atoms with E-state index in [-0.39, 0.29) is 9.63 Å². The Morgan fingerprint density at radius 2 is 1.81 bits per heavy atom. The number of aryl methyl sites for hydroxylation is 3. The molecule has 1 N–H and O–H groups in total. The van der Waals surface area contributed by atoms with Crippen molar-refractivity contribution in [3.63, 3.8) is 0 Å². The molecule has 1 aromatic carbocycles. The third kappa shape index (κ3) is 3.11. The number of halogens is 1. The second-order valence-corrected chi connectivity index (χ2v) is 6.92. The lowest BCUT2D eigenvalue weighted by Gasteiger charge is -2.15. The van der Waals surface area contributed by atoms with Crippen LogP contribution in [-0.4, -0.2) is 23.4 Å². The van der Waals surface area contributed by atoms with Gasteiger partial charge in [0, 0.05) is 7.05 Å². The van der Waals surface area contributed by atoms with E-state index in [9.17, 15) is 8.42 Å². The zero-order valence-electron chi connectivity index (χ0n) is 12.1. The van der Waals surface area contributed by atoms with Gasteiger partial charge in [-0.1, -0.05) is 37.3 Å². The molecule has 114 valence electrons. The Morgan fingerprint density at radius 1 is 1.24 bits per heavy atom. The molecule has 0 aliphatic rings. The van der Waals surface area contributed by atoms with Crippen molar-refractivity contribution < 1.29 is 8.42 Å². The third-order valence-corrected chi connectivity index (χ3v) is 5.46. The summed E-state index contributed by atoms with van der Waals surface area (Å²) in [7, 11) is -2.21. The molecule has 0 spiro atoms. The number of benzene rings is 1. The van der Waals surface area contributed by atoms with Crippen LogP contribution in [0.4, 0.5) is 5.69 Å². The van der Waals surface area contributed by atoms with Crippen molar-refractivity contribution in [1.29, 1.82) is 0 Å². The quantitative estimate of drug-likeness (QED) is 0.874. The van der Waals surface area contributed by atoms with Gasteiger partial charge in [0.1, 0.15) is 0 Å². The van der Waals surface area contributed by atoms with E-state index in [1.807, 2.05) is 32.0 Å². The van der Waals surface area contributed by atoms with Crippen LogP contribution in [0.2, 0.25) is 0 Å². The number of hydrogen-bond donors (Lipinski definition) is 1. The van der Waals surface area contributed by atoms with Crippen molar-refractivity contribution in [1.82, 2.24) is 15.0 Å². The first-order chi connectivity index (χ1) is 9.90. The molecule has 0 aliphatic heterocycles. The second-order valence-electron chi connectivity index (χ2n) is 4.57. The fourth-order valence-corrected chi connectivity index (χ4v) is 4.41. The zero-order valence-corrected chi connectivity index (χ0v) is 14.5. The SMILES string of the molecule is CCc1cccc(CC)c1NS(=O)(=O)c1c(Br)nnn1C. The van der Waals surface area contributed by atoms with Crippen LogP contribution < -0.4 is 4.72 Å². The van der Waals surface area contributed by atoms with Crippen LogP contribution >= 0.6 is 15.9 Å². The Bertz CT molecular complexity index is 714. The van der Waals surface area contributed by atoms with Crippen molar-refractivity contribution in [3.8, 4) is 0 Å². The Kier molecular flexibility index (Phi) is 4.67. The summed E-state index contributed by atoms with van der Waals surface area (Å²) in [4.78, 5) is 0. The van der Waals surface area contributed by atoms with E-state index < -0.39 is 10.0 Å². The van der Waals surface area contributed by atoms with Crippen molar-refractivity contribution in [2.45, 2.75) is 31.7 Å². The highest BCUT2D eigenvalue weighted by molar-refractivity contribution is 9.10. The molecule has 8 heteroatoms. The highest BCUT2D eigenvalue weighted by atomic mass is 79.9. The average Bonchev–Trinajstić information content (AvgIpc) is 2.78. The summed E-state index contributed by atoms with van der Waals surface area (Å²) in [6, 6.07) is 5.79. The first-order valence-corrected chi connectivity index (χ1v) is 8.87. The number of rotatable bonds is 5. The van der Waals surface area contributed by atoms with Crippen LogP contribution in [0.3, 0.4) is 0 Å². The Morgan fingerprint density at radius 3 is 2.24 bits per heavy atom. The van der Waals surface area contributed by atoms with E-state index >= 15 is 0 Å². The number of nitrogens with one attached hydrogen (secondary N) is 1. The van der Waals surface area contributed by atoms with E-state index in [1.165, 1.54) is 4.68 Å². The number of nitrogens with zero attached hydrogens (tertiary/aromatic N) is 3. The second kappa shape index (κ2) is 6.15. The van der Waals surface area contributed by atoms with E-state index in [1.54, 1.807) is 7.05 Å². The molecule has 0 aliphatic carbocycles. The molecule has 0 unspecified atom stereocenters. The Labute approximate surface area is 132 Å². The van der Waals surface area contributed by atoms with Crippen molar-refractivity contribution >= 4 is 31.6 Å². The fraction of sp³-hybridized carbons (Fsp3) is 0.385. The minimum Gasteiger partial charge on any atom is -0.278 e. The van der Waals surface area contributed by atoms with Crippen LogP contribution in [0.5, 0.6) is 0 Å². The van der Waals surface area contributed by atoms with E-state index in [2.05, 4.69) is 31.0 Å². The largest absolute Gasteiger partial charge is 0.281 e. The van der Waals surface area contributed by atoms with Gasteiger partial charge in [-0.15, -0.1) is 5.10 Å². The van der Waals surface area contributed by atoms with Crippen LogP contribution in [0.15, 0.2) is 27.8 Å². The zero-order chi connectivity index (χ0) is 15.6. The summed E-state index contributed by atoms with van der Waals surface area (Å²) in [6.45, 7) is 3.99. The molecule has 0 amide bonds. The molecule has 2 aromatic rings. The maximum atomic E-state index is 12.6. The highest BCUT2D eigenvalue weighted by Crippen LogP contribution is 2.27. The lowest BCUT2D eigenvalue weighted by Crippen LogP contribution is -2.19. The van der Waals surface area contributed by atoms with Gasteiger partial charge < -0.3 is 0 Å². The van der Waals surface area contributed by atoms with Gasteiger partial charge in [-0.2, -0.15) is 8.42 Å². The smallest absolute Gasteiger partial charge is 0.278 e. The van der Waals surface area contributed by atoms with Gasteiger partial charge in [0.25, 0.3) is 10.0 Å². The minimum atomic E-state index is -3.76. The Balaban J connectivity index is 2.51. The maximum Gasteiger partial charge on any atom is 0.281 e. The number of hydrogen-bond acceptors (Lipinski definition) is 4. The molecule has 2 rings (SSSR count). The molecule has 6 nitrogen and oxygen atoms in total. The summed E-state index contributed by atoms with van der Waals surface area (Å²) in [5.74, 6) is 0. The van der Waals surface area contributed by atoms with Crippen LogP contribution in [0.25, 0.3) is 0 Å². The molecular formula is C13H17BrN4O2S. The van der Waals surface area contributed by atoms with Crippen molar-refractivity contribution in [2.24, 2.45) is 7.05 Å². The molecule has 0 atom stereocenters. The molecule has 0 bridgehead atoms. The molecule has 0 saturated carbocycles. The number of aromatic nitrogens is 3. The minimum absolute atomic E-state index is 0.00968. The Hall–Kier alpha value is -1.41. The van der Waals surface area contributed by atoms with Crippen LogP contribution in [0.1, 0.15) is 25.0 Å². The molecular weight excluding hydrogens is 356 g/mol. The van der Waals surface area contributed by atoms with Gasteiger partial charge in [-0.3, -0.25) is 4.72 Å². The number of anilines is 1. The number of sulfonamides is 1. The molecule has 1 aromatic heterocycles. The topological polar surface area (TPSA) is 76.9 Å². The van der Waals surface area contributed by atoms with Gasteiger partial charge in [0.05, 0.1) is 5.69 Å². The predicted molar refractivity (Wildman–Crippen MR) is 84.7 cm³/mol. The summed E-state index contributed by atoms with van der Waals surface area (Å²) in [5, 5.41) is 7.44. The maximum absolute atomic E-state index is 12.6. The van der Waals surface area contributed by atoms with Crippen molar-refractivity contribution in [2.75, 3.05) is 4.72 Å². The molecule has 0 saturated heterocycles. The van der Waals surface area contributed by atoms with Crippen LogP contribution in [0, 0.1) is 0 Å². The van der Waals surface area contributed by atoms with E-state index in [0.29, 0.717) is 5.69 Å². The molecule has 1 heterocycles. The van der Waals surface area contributed by atoms with Gasteiger partial charge in [-0.05, 0) is 39.9 Å². The lowest BCUT2D eigenvalue weighted by molar-refractivity contribution is 0.578. The standard InChI is InChI=1S/C13H17BrN4O2S/c1-4-9-7-6-8-10(5-2)11(9)16-21(19,20)13-12(14)15-17-18(13)3/h6-8,16H,4-5H2,1-3H3. The highest BCUT2D eigenvalue weighted by Gasteiger charge is 2.25. The molecule has 0 fully saturated rings. The van der Waals surface area contributed by atoms with E-state index in [0.717, 1.165) is 24.0 Å². The predicted octanol–water partition coefficient (Wildman–Crippen LogP) is 2.50. The van der Waals surface area contributed by atoms with Gasteiger partial charge in [0.2, 0.25) is 5.03 Å². The number of para-hydroxylation sites is 1. The van der Waals surface area contributed by atoms with Gasteiger partial charge >= 0.3 is 0 Å². The van der Waals surface area contributed by atoms with Crippen molar-refractivity contribution in [3.05, 3.63) is 33.9 Å². The lowest BCUT2D eigenvalue weighted by atomic mass is 10.0. The first-order valence-electron chi connectivity index (χ1n) is 6.59. The first kappa shape index (κ1) is 16.0. The summed E-state index contributed by atoms with van der Waals surface area (Å²) in [5.41, 5.74) is 2.57. The third-order valence-electron chi connectivity index (χ3n) is 3.23. The fourth-order valence-electron chi connectivity index (χ4n) is 2.16. The molecule has 0 radical (unpaired) electrons.